The van der Waals surface area contributed by atoms with Gasteiger partial charge in [0.25, 0.3) is 0 Å². The molecule has 0 radical (unpaired) electrons. The van der Waals surface area contributed by atoms with Crippen LogP contribution in [0.1, 0.15) is 56.3 Å². The highest BCUT2D eigenvalue weighted by molar-refractivity contribution is 6.01. The molecule has 158 valence electrons. The summed E-state index contributed by atoms with van der Waals surface area (Å²) in [6, 6.07) is 15.9. The molecular formula is C27H28NO3+. The lowest BCUT2D eigenvalue weighted by Gasteiger charge is -2.24. The first-order valence-electron chi connectivity index (χ1n) is 10.7. The van der Waals surface area contributed by atoms with Gasteiger partial charge >= 0.3 is 0 Å². The summed E-state index contributed by atoms with van der Waals surface area (Å²) in [5, 5.41) is 0. The molecule has 0 saturated heterocycles. The van der Waals surface area contributed by atoms with Crippen molar-refractivity contribution in [1.82, 2.24) is 0 Å². The highest BCUT2D eigenvalue weighted by atomic mass is 16.5. The van der Waals surface area contributed by atoms with Crippen molar-refractivity contribution < 1.29 is 18.9 Å². The molecule has 1 unspecified atom stereocenters. The van der Waals surface area contributed by atoms with Gasteiger partial charge in [-0.2, -0.15) is 0 Å². The Kier molecular flexibility index (Phi) is 5.99. The lowest BCUT2D eigenvalue weighted by Crippen LogP contribution is -2.35. The predicted octanol–water partition coefficient (Wildman–Crippen LogP) is 4.53. The van der Waals surface area contributed by atoms with E-state index in [0.29, 0.717) is 18.5 Å². The Bertz CT molecular complexity index is 1150. The maximum Gasteiger partial charge on any atom is 0.180 e. The second kappa shape index (κ2) is 8.84. The van der Waals surface area contributed by atoms with E-state index in [-0.39, 0.29) is 17.5 Å². The maximum absolute atomic E-state index is 13.1. The summed E-state index contributed by atoms with van der Waals surface area (Å²) < 4.78 is 7.34. The number of nitrogens with zero attached hydrogens (tertiary/aromatic N) is 1. The van der Waals surface area contributed by atoms with E-state index in [1.165, 1.54) is 11.1 Å². The van der Waals surface area contributed by atoms with E-state index < -0.39 is 0 Å². The van der Waals surface area contributed by atoms with Crippen LogP contribution in [0.15, 0.2) is 60.9 Å². The van der Waals surface area contributed by atoms with Gasteiger partial charge < -0.3 is 4.74 Å². The average Bonchev–Trinajstić information content (AvgIpc) is 2.77. The van der Waals surface area contributed by atoms with Crippen LogP contribution in [0.5, 0.6) is 5.75 Å². The van der Waals surface area contributed by atoms with E-state index >= 15 is 0 Å². The molecule has 1 aliphatic carbocycles. The molecule has 4 nitrogen and oxygen atoms in total. The number of aromatic nitrogens is 1. The molecule has 0 aliphatic heterocycles. The highest BCUT2D eigenvalue weighted by Gasteiger charge is 2.29. The standard InChI is InChI=1S/C27H28NO3/c1-18-6-4-5-7-23(18)16-28-13-12-21(26(17-28)19(2)29)14-22-9-8-20-15-24(31-3)10-11-25(20)27(22)30/h4-7,10-13,15,17,22H,8-9,14,16H2,1-3H3/q+1. The molecule has 1 aromatic heterocycles. The number of methoxy groups -OCH3 is 1. The zero-order valence-corrected chi connectivity index (χ0v) is 18.4. The molecule has 31 heavy (non-hydrogen) atoms. The van der Waals surface area contributed by atoms with E-state index in [4.69, 9.17) is 4.74 Å². The van der Waals surface area contributed by atoms with Gasteiger partial charge in [0.05, 0.1) is 12.7 Å². The largest absolute Gasteiger partial charge is 0.497 e. The van der Waals surface area contributed by atoms with E-state index in [1.807, 2.05) is 53.4 Å². The van der Waals surface area contributed by atoms with E-state index in [9.17, 15) is 9.59 Å². The van der Waals surface area contributed by atoms with Crippen LogP contribution in [0.4, 0.5) is 0 Å². The van der Waals surface area contributed by atoms with Crippen LogP contribution in [0, 0.1) is 12.8 Å². The Morgan fingerprint density at radius 1 is 1.13 bits per heavy atom. The molecule has 0 bridgehead atoms. The topological polar surface area (TPSA) is 47.2 Å². The fourth-order valence-electron chi connectivity index (χ4n) is 4.43. The molecule has 0 spiro atoms. The molecule has 0 fully saturated rings. The van der Waals surface area contributed by atoms with Crippen molar-refractivity contribution in [2.24, 2.45) is 5.92 Å². The van der Waals surface area contributed by atoms with Gasteiger partial charge in [-0.15, -0.1) is 0 Å². The smallest absolute Gasteiger partial charge is 0.180 e. The van der Waals surface area contributed by atoms with E-state index in [1.54, 1.807) is 14.0 Å². The quantitative estimate of drug-likeness (QED) is 0.440. The molecule has 2 aromatic carbocycles. The van der Waals surface area contributed by atoms with Crippen LogP contribution < -0.4 is 9.30 Å². The van der Waals surface area contributed by atoms with Gasteiger partial charge in [0.15, 0.2) is 30.5 Å². The van der Waals surface area contributed by atoms with Gasteiger partial charge in [-0.25, -0.2) is 4.57 Å². The number of hydrogen-bond donors (Lipinski definition) is 0. The number of fused-ring (bicyclic) bond motifs is 1. The third-order valence-electron chi connectivity index (χ3n) is 6.28. The Morgan fingerprint density at radius 3 is 2.68 bits per heavy atom. The van der Waals surface area contributed by atoms with Gasteiger partial charge in [0.1, 0.15) is 5.75 Å². The van der Waals surface area contributed by atoms with Crippen molar-refractivity contribution in [3.05, 3.63) is 94.3 Å². The SMILES string of the molecule is COc1ccc2c(c1)CCC(Cc1cc[n+](Cc3ccccc3C)cc1C(C)=O)C2=O. The number of carbonyl (C=O) groups excluding carboxylic acids is 2. The van der Waals surface area contributed by atoms with Gasteiger partial charge in [0.2, 0.25) is 0 Å². The van der Waals surface area contributed by atoms with Crippen LogP contribution in [0.2, 0.25) is 0 Å². The lowest BCUT2D eigenvalue weighted by molar-refractivity contribution is -0.688. The van der Waals surface area contributed by atoms with E-state index in [2.05, 4.69) is 19.1 Å². The summed E-state index contributed by atoms with van der Waals surface area (Å²) in [6.07, 6.45) is 6.16. The third-order valence-corrected chi connectivity index (χ3v) is 6.28. The first-order valence-corrected chi connectivity index (χ1v) is 10.7. The molecule has 3 aromatic rings. The number of aryl methyl sites for hydroxylation is 2. The maximum atomic E-state index is 13.1. The number of ketones is 2. The minimum Gasteiger partial charge on any atom is -0.497 e. The van der Waals surface area contributed by atoms with Crippen LogP contribution in [0.3, 0.4) is 0 Å². The zero-order valence-electron chi connectivity index (χ0n) is 18.4. The first-order chi connectivity index (χ1) is 15.0. The molecule has 1 atom stereocenters. The van der Waals surface area contributed by atoms with Gasteiger partial charge in [0, 0.05) is 23.1 Å². The van der Waals surface area contributed by atoms with Crippen molar-refractivity contribution in [1.29, 1.82) is 0 Å². The van der Waals surface area contributed by atoms with Crippen molar-refractivity contribution in [3.8, 4) is 5.75 Å². The molecule has 0 saturated carbocycles. The fourth-order valence-corrected chi connectivity index (χ4v) is 4.43. The number of Topliss-reactive ketones (excluding diaryl/α,β-unsaturated/α-hetero) is 2. The minimum absolute atomic E-state index is 0.0301. The van der Waals surface area contributed by atoms with Crippen LogP contribution in [-0.4, -0.2) is 18.7 Å². The summed E-state index contributed by atoms with van der Waals surface area (Å²) in [5.74, 6) is 0.869. The molecular weight excluding hydrogens is 386 g/mol. The van der Waals surface area contributed by atoms with Gasteiger partial charge in [-0.1, -0.05) is 24.3 Å². The van der Waals surface area contributed by atoms with Crippen LogP contribution >= 0.6 is 0 Å². The number of pyridine rings is 1. The number of ether oxygens (including phenoxy) is 1. The first kappa shape index (κ1) is 21.0. The Labute approximate surface area is 183 Å². The summed E-state index contributed by atoms with van der Waals surface area (Å²) in [7, 11) is 1.64. The van der Waals surface area contributed by atoms with Crippen molar-refractivity contribution in [2.45, 2.75) is 39.7 Å². The monoisotopic (exact) mass is 414 g/mol. The average molecular weight is 415 g/mol. The fraction of sp³-hybridized carbons (Fsp3) is 0.296. The van der Waals surface area contributed by atoms with Crippen molar-refractivity contribution in [3.63, 3.8) is 0 Å². The van der Waals surface area contributed by atoms with E-state index in [0.717, 1.165) is 35.3 Å². The second-order valence-electron chi connectivity index (χ2n) is 8.37. The number of rotatable bonds is 6. The minimum atomic E-state index is -0.105. The number of benzene rings is 2. The molecule has 1 heterocycles. The summed E-state index contributed by atoms with van der Waals surface area (Å²) in [4.78, 5) is 25.5. The Balaban J connectivity index is 1.57. The number of carbonyl (C=O) groups is 2. The molecule has 1 aliphatic rings. The lowest BCUT2D eigenvalue weighted by atomic mass is 9.79. The zero-order chi connectivity index (χ0) is 22.0. The Morgan fingerprint density at radius 2 is 1.94 bits per heavy atom. The van der Waals surface area contributed by atoms with Crippen LogP contribution in [-0.2, 0) is 19.4 Å². The highest BCUT2D eigenvalue weighted by Crippen LogP contribution is 2.31. The van der Waals surface area contributed by atoms with Crippen molar-refractivity contribution >= 4 is 11.6 Å². The summed E-state index contributed by atoms with van der Waals surface area (Å²) in [6.45, 7) is 4.41. The van der Waals surface area contributed by atoms with Crippen LogP contribution in [0.25, 0.3) is 0 Å². The van der Waals surface area contributed by atoms with Gasteiger partial charge in [-0.3, -0.25) is 9.59 Å². The number of hydrogen-bond acceptors (Lipinski definition) is 3. The van der Waals surface area contributed by atoms with Gasteiger partial charge in [-0.05, 0) is 68.0 Å². The normalized spacial score (nSPS) is 15.5. The predicted molar refractivity (Wildman–Crippen MR) is 120 cm³/mol. The molecule has 0 N–H and O–H groups in total. The molecule has 4 heteroatoms. The summed E-state index contributed by atoms with van der Waals surface area (Å²) in [5.41, 5.74) is 5.94. The summed E-state index contributed by atoms with van der Waals surface area (Å²) >= 11 is 0. The molecule has 0 amide bonds. The molecule has 4 rings (SSSR count). The third kappa shape index (κ3) is 4.43. The second-order valence-corrected chi connectivity index (χ2v) is 8.37. The van der Waals surface area contributed by atoms with Crippen molar-refractivity contribution in [2.75, 3.05) is 7.11 Å². The Hall–Kier alpha value is -3.27.